The van der Waals surface area contributed by atoms with Crippen LogP contribution in [0, 0.1) is 5.92 Å². The second-order valence-electron chi connectivity index (χ2n) is 4.61. The number of hydrogen-bond acceptors (Lipinski definition) is 2. The fourth-order valence-electron chi connectivity index (χ4n) is 1.93. The Morgan fingerprint density at radius 1 is 1.42 bits per heavy atom. The van der Waals surface area contributed by atoms with Crippen LogP contribution in [0.15, 0.2) is 34.9 Å². The minimum atomic E-state index is -0.799. The predicted molar refractivity (Wildman–Crippen MR) is 76.8 cm³/mol. The molecule has 0 radical (unpaired) electrons. The van der Waals surface area contributed by atoms with Crippen molar-refractivity contribution in [2.75, 3.05) is 0 Å². The van der Waals surface area contributed by atoms with Crippen molar-refractivity contribution in [1.29, 1.82) is 0 Å². The number of carbonyl (C=O) groups is 1. The minimum Gasteiger partial charge on any atom is -0.481 e. The van der Waals surface area contributed by atoms with Crippen molar-refractivity contribution >= 4 is 21.9 Å². The Balaban J connectivity index is 2.35. The molecule has 1 aromatic heterocycles. The van der Waals surface area contributed by atoms with Crippen LogP contribution in [0.25, 0.3) is 11.1 Å². The SMILES string of the molecule is CC(Cc1nn(C)cc1-c1ccc(Br)cc1)C(=O)O. The Morgan fingerprint density at radius 2 is 2.05 bits per heavy atom. The van der Waals surface area contributed by atoms with E-state index in [1.54, 1.807) is 11.6 Å². The van der Waals surface area contributed by atoms with Gasteiger partial charge in [0.1, 0.15) is 0 Å². The summed E-state index contributed by atoms with van der Waals surface area (Å²) in [6.45, 7) is 1.70. The lowest BCUT2D eigenvalue weighted by Crippen LogP contribution is -2.13. The van der Waals surface area contributed by atoms with Crippen LogP contribution in [0.3, 0.4) is 0 Å². The van der Waals surface area contributed by atoms with E-state index < -0.39 is 11.9 Å². The second kappa shape index (κ2) is 5.57. The average Bonchev–Trinajstić information content (AvgIpc) is 2.71. The maximum atomic E-state index is 11.0. The maximum absolute atomic E-state index is 11.0. The lowest BCUT2D eigenvalue weighted by Gasteiger charge is -2.06. The summed E-state index contributed by atoms with van der Waals surface area (Å²) >= 11 is 3.40. The topological polar surface area (TPSA) is 55.1 Å². The molecule has 19 heavy (non-hydrogen) atoms. The number of nitrogens with zero attached hydrogens (tertiary/aromatic N) is 2. The predicted octanol–water partition coefficient (Wildman–Crippen LogP) is 3.11. The molecular weight excluding hydrogens is 308 g/mol. The van der Waals surface area contributed by atoms with Crippen LogP contribution in [0.2, 0.25) is 0 Å². The fraction of sp³-hybridized carbons (Fsp3) is 0.286. The quantitative estimate of drug-likeness (QED) is 0.940. The highest BCUT2D eigenvalue weighted by Crippen LogP contribution is 2.26. The molecule has 1 heterocycles. The summed E-state index contributed by atoms with van der Waals surface area (Å²) in [5.41, 5.74) is 2.85. The first-order valence-electron chi connectivity index (χ1n) is 5.98. The molecule has 1 aromatic carbocycles. The molecule has 2 aromatic rings. The molecule has 0 aliphatic rings. The molecule has 0 amide bonds. The van der Waals surface area contributed by atoms with Crippen molar-refractivity contribution < 1.29 is 9.90 Å². The van der Waals surface area contributed by atoms with E-state index in [0.717, 1.165) is 21.3 Å². The van der Waals surface area contributed by atoms with Crippen molar-refractivity contribution in [2.45, 2.75) is 13.3 Å². The van der Waals surface area contributed by atoms with Crippen molar-refractivity contribution in [2.24, 2.45) is 13.0 Å². The van der Waals surface area contributed by atoms with Crippen molar-refractivity contribution in [1.82, 2.24) is 9.78 Å². The van der Waals surface area contributed by atoms with Gasteiger partial charge < -0.3 is 5.11 Å². The van der Waals surface area contributed by atoms with Crippen molar-refractivity contribution in [3.05, 3.63) is 40.6 Å². The van der Waals surface area contributed by atoms with Crippen molar-refractivity contribution in [3.63, 3.8) is 0 Å². The van der Waals surface area contributed by atoms with Gasteiger partial charge in [0.05, 0.1) is 11.6 Å². The Morgan fingerprint density at radius 3 is 2.63 bits per heavy atom. The van der Waals surface area contributed by atoms with E-state index in [4.69, 9.17) is 5.11 Å². The van der Waals surface area contributed by atoms with Gasteiger partial charge in [-0.05, 0) is 17.7 Å². The average molecular weight is 323 g/mol. The van der Waals surface area contributed by atoms with Gasteiger partial charge in [0.25, 0.3) is 0 Å². The van der Waals surface area contributed by atoms with Crippen LogP contribution >= 0.6 is 15.9 Å². The number of carboxylic acid groups (broad SMARTS) is 1. The summed E-state index contributed by atoms with van der Waals surface area (Å²) in [4.78, 5) is 11.0. The number of aromatic nitrogens is 2. The Kier molecular flexibility index (Phi) is 4.04. The second-order valence-corrected chi connectivity index (χ2v) is 5.53. The smallest absolute Gasteiger partial charge is 0.306 e. The first-order chi connectivity index (χ1) is 8.97. The van der Waals surface area contributed by atoms with Gasteiger partial charge in [0, 0.05) is 29.7 Å². The van der Waals surface area contributed by atoms with Crippen LogP contribution < -0.4 is 0 Å². The number of benzene rings is 1. The molecule has 0 aliphatic carbocycles. The summed E-state index contributed by atoms with van der Waals surface area (Å²) in [6, 6.07) is 7.92. The van der Waals surface area contributed by atoms with Gasteiger partial charge in [0.2, 0.25) is 0 Å². The van der Waals surface area contributed by atoms with E-state index in [9.17, 15) is 4.79 Å². The number of carboxylic acids is 1. The molecule has 0 aliphatic heterocycles. The van der Waals surface area contributed by atoms with E-state index in [0.29, 0.717) is 6.42 Å². The first kappa shape index (κ1) is 13.8. The molecule has 4 nitrogen and oxygen atoms in total. The Hall–Kier alpha value is -1.62. The van der Waals surface area contributed by atoms with Gasteiger partial charge >= 0.3 is 5.97 Å². The normalized spacial score (nSPS) is 12.4. The summed E-state index contributed by atoms with van der Waals surface area (Å²) in [5, 5.41) is 13.4. The standard InChI is InChI=1S/C14H15BrN2O2/c1-9(14(18)19)7-13-12(8-17(2)16-13)10-3-5-11(15)6-4-10/h3-6,8-9H,7H2,1-2H3,(H,18,19). The Labute approximate surface area is 120 Å². The summed E-state index contributed by atoms with van der Waals surface area (Å²) in [6.07, 6.45) is 2.36. The number of aryl methyl sites for hydroxylation is 1. The molecule has 1 N–H and O–H groups in total. The van der Waals surface area contributed by atoms with E-state index >= 15 is 0 Å². The van der Waals surface area contributed by atoms with Gasteiger partial charge in [-0.3, -0.25) is 9.48 Å². The van der Waals surface area contributed by atoms with E-state index in [1.165, 1.54) is 0 Å². The summed E-state index contributed by atoms with van der Waals surface area (Å²) in [7, 11) is 1.84. The first-order valence-corrected chi connectivity index (χ1v) is 6.78. The van der Waals surface area contributed by atoms with Crippen LogP contribution in [0.1, 0.15) is 12.6 Å². The molecule has 2 rings (SSSR count). The maximum Gasteiger partial charge on any atom is 0.306 e. The highest BCUT2D eigenvalue weighted by atomic mass is 79.9. The fourth-order valence-corrected chi connectivity index (χ4v) is 2.20. The highest BCUT2D eigenvalue weighted by Gasteiger charge is 2.17. The molecular formula is C14H15BrN2O2. The molecule has 1 unspecified atom stereocenters. The van der Waals surface area contributed by atoms with E-state index in [-0.39, 0.29) is 0 Å². The van der Waals surface area contributed by atoms with Gasteiger partial charge in [0.15, 0.2) is 0 Å². The zero-order valence-electron chi connectivity index (χ0n) is 10.8. The number of hydrogen-bond donors (Lipinski definition) is 1. The van der Waals surface area contributed by atoms with Gasteiger partial charge in [-0.2, -0.15) is 5.10 Å². The van der Waals surface area contributed by atoms with Gasteiger partial charge in [-0.1, -0.05) is 35.0 Å². The monoisotopic (exact) mass is 322 g/mol. The van der Waals surface area contributed by atoms with Crippen LogP contribution in [-0.2, 0) is 18.3 Å². The van der Waals surface area contributed by atoms with Gasteiger partial charge in [-0.15, -0.1) is 0 Å². The van der Waals surface area contributed by atoms with Gasteiger partial charge in [-0.25, -0.2) is 0 Å². The highest BCUT2D eigenvalue weighted by molar-refractivity contribution is 9.10. The zero-order valence-corrected chi connectivity index (χ0v) is 12.4. The number of halogens is 1. The lowest BCUT2D eigenvalue weighted by molar-refractivity contribution is -0.141. The largest absolute Gasteiger partial charge is 0.481 e. The zero-order chi connectivity index (χ0) is 14.0. The van der Waals surface area contributed by atoms with Crippen molar-refractivity contribution in [3.8, 4) is 11.1 Å². The summed E-state index contributed by atoms with van der Waals surface area (Å²) < 4.78 is 2.74. The third-order valence-electron chi connectivity index (χ3n) is 2.98. The van der Waals surface area contributed by atoms with E-state index in [1.807, 2.05) is 37.5 Å². The number of rotatable bonds is 4. The molecule has 0 bridgehead atoms. The molecule has 0 saturated carbocycles. The molecule has 0 fully saturated rings. The van der Waals surface area contributed by atoms with Crippen LogP contribution in [-0.4, -0.2) is 20.9 Å². The third-order valence-corrected chi connectivity index (χ3v) is 3.51. The van der Waals surface area contributed by atoms with Crippen LogP contribution in [0.5, 0.6) is 0 Å². The number of aliphatic carboxylic acids is 1. The lowest BCUT2D eigenvalue weighted by atomic mass is 9.99. The summed E-state index contributed by atoms with van der Waals surface area (Å²) in [5.74, 6) is -1.24. The molecule has 1 atom stereocenters. The van der Waals surface area contributed by atoms with E-state index in [2.05, 4.69) is 21.0 Å². The molecule has 0 spiro atoms. The Bertz CT molecular complexity index is 590. The third kappa shape index (κ3) is 3.23. The minimum absolute atomic E-state index is 0.432. The molecule has 100 valence electrons. The molecule has 5 heteroatoms. The molecule has 0 saturated heterocycles. The van der Waals surface area contributed by atoms with Crippen LogP contribution in [0.4, 0.5) is 0 Å².